The van der Waals surface area contributed by atoms with E-state index in [-0.39, 0.29) is 16.7 Å². The fraction of sp³-hybridized carbons (Fsp3) is 0.536. The fourth-order valence-electron chi connectivity index (χ4n) is 3.66. The van der Waals surface area contributed by atoms with Crippen molar-refractivity contribution in [2.24, 2.45) is 0 Å². The Kier molecular flexibility index (Phi) is 8.85. The minimum Gasteiger partial charge on any atom is -0.377 e. The molecule has 188 valence electrons. The molecule has 1 aliphatic rings. The normalized spacial score (nSPS) is 22.1. The van der Waals surface area contributed by atoms with Crippen molar-refractivity contribution in [1.29, 1.82) is 0 Å². The summed E-state index contributed by atoms with van der Waals surface area (Å²) in [4.78, 5) is 15.7. The maximum Gasteiger partial charge on any atom is 0.255 e. The van der Waals surface area contributed by atoms with E-state index in [2.05, 4.69) is 45.4 Å². The molecule has 34 heavy (non-hydrogen) atoms. The minimum atomic E-state index is -1.30. The monoisotopic (exact) mass is 487 g/mol. The molecular formula is C28H41NO4S. The van der Waals surface area contributed by atoms with Crippen LogP contribution in [0.3, 0.4) is 0 Å². The molecule has 0 radical (unpaired) electrons. The second kappa shape index (κ2) is 11.3. The van der Waals surface area contributed by atoms with Crippen LogP contribution >= 0.6 is 10.3 Å². The van der Waals surface area contributed by atoms with Crippen molar-refractivity contribution < 1.29 is 18.5 Å². The third kappa shape index (κ3) is 6.85. The molecule has 0 N–H and O–H groups in total. The maximum atomic E-state index is 13.7. The number of ether oxygens (including phenoxy) is 2. The summed E-state index contributed by atoms with van der Waals surface area (Å²) in [6.07, 6.45) is 4.89. The molecule has 1 saturated heterocycles. The van der Waals surface area contributed by atoms with Gasteiger partial charge in [-0.25, -0.2) is 0 Å². The zero-order valence-corrected chi connectivity index (χ0v) is 22.4. The molecule has 2 aromatic rings. The fourth-order valence-corrected chi connectivity index (χ4v) is 4.51. The van der Waals surface area contributed by atoms with Crippen LogP contribution < -0.4 is 0 Å². The summed E-state index contributed by atoms with van der Waals surface area (Å²) in [5.41, 5.74) is 1.32. The quantitative estimate of drug-likeness (QED) is 0.411. The van der Waals surface area contributed by atoms with Crippen molar-refractivity contribution in [3.8, 4) is 0 Å². The highest BCUT2D eigenvalue weighted by molar-refractivity contribution is 8.29. The number of morpholine rings is 1. The van der Waals surface area contributed by atoms with Gasteiger partial charge >= 0.3 is 0 Å². The van der Waals surface area contributed by atoms with Crippen molar-refractivity contribution >= 4 is 16.2 Å². The lowest BCUT2D eigenvalue weighted by molar-refractivity contribution is -0.183. The number of carbonyl (C=O) groups is 1. The Morgan fingerprint density at radius 3 is 2.21 bits per heavy atom. The highest BCUT2D eigenvalue weighted by atomic mass is 32.3. The lowest BCUT2D eigenvalue weighted by Gasteiger charge is -2.48. The second-order valence-electron chi connectivity index (χ2n) is 10.5. The molecule has 0 aliphatic carbocycles. The summed E-state index contributed by atoms with van der Waals surface area (Å²) >= 11 is 0. The molecule has 0 bridgehead atoms. The van der Waals surface area contributed by atoms with E-state index in [0.29, 0.717) is 39.4 Å². The first-order valence-corrected chi connectivity index (χ1v) is 14.4. The highest BCUT2D eigenvalue weighted by Gasteiger charge is 2.45. The van der Waals surface area contributed by atoms with Crippen LogP contribution in [0.2, 0.25) is 0 Å². The van der Waals surface area contributed by atoms with Gasteiger partial charge in [0.25, 0.3) is 5.91 Å². The molecule has 1 fully saturated rings. The number of rotatable bonds is 10. The van der Waals surface area contributed by atoms with Crippen LogP contribution in [0.5, 0.6) is 0 Å². The summed E-state index contributed by atoms with van der Waals surface area (Å²) in [5, 5.41) is 0. The third-order valence-electron chi connectivity index (χ3n) is 6.81. The van der Waals surface area contributed by atoms with E-state index < -0.39 is 15.9 Å². The Bertz CT molecular complexity index is 913. The van der Waals surface area contributed by atoms with Crippen molar-refractivity contribution in [2.45, 2.75) is 63.7 Å². The SMILES string of the molecule is CC1(CCOCc2ccccc2)OCC(COS(C)(C)C(C)(C)C)N(Cc2ccccc2)C1=O. The number of hydrogen-bond acceptors (Lipinski definition) is 4. The van der Waals surface area contributed by atoms with Gasteiger partial charge in [0.1, 0.15) is 5.60 Å². The van der Waals surface area contributed by atoms with Crippen LogP contribution in [0.15, 0.2) is 60.7 Å². The molecule has 2 atom stereocenters. The average molecular weight is 488 g/mol. The van der Waals surface area contributed by atoms with Gasteiger partial charge in [-0.05, 0) is 30.6 Å². The van der Waals surface area contributed by atoms with E-state index >= 15 is 0 Å². The zero-order valence-electron chi connectivity index (χ0n) is 21.6. The summed E-state index contributed by atoms with van der Waals surface area (Å²) in [7, 11) is -1.30. The first-order chi connectivity index (χ1) is 16.0. The number of nitrogens with zero attached hydrogens (tertiary/aromatic N) is 1. The molecule has 1 aliphatic heterocycles. The summed E-state index contributed by atoms with van der Waals surface area (Å²) in [6.45, 7) is 11.0. The van der Waals surface area contributed by atoms with Gasteiger partial charge in [-0.3, -0.25) is 4.79 Å². The summed E-state index contributed by atoms with van der Waals surface area (Å²) in [6, 6.07) is 20.1. The first-order valence-electron chi connectivity index (χ1n) is 12.0. The van der Waals surface area contributed by atoms with E-state index in [1.807, 2.05) is 60.4 Å². The average Bonchev–Trinajstić information content (AvgIpc) is 2.80. The van der Waals surface area contributed by atoms with E-state index in [1.165, 1.54) is 0 Å². The van der Waals surface area contributed by atoms with Crippen LogP contribution in [0.1, 0.15) is 45.2 Å². The molecule has 3 rings (SSSR count). The summed E-state index contributed by atoms with van der Waals surface area (Å²) < 4.78 is 18.6. The standard InChI is InChI=1S/C28H41NO4S/c1-27(2,3)34(5,6)33-22-25-21-32-28(4,17-18-31-20-24-15-11-8-12-16-24)26(30)29(25)19-23-13-9-7-10-14-23/h7-16,25H,17-22H2,1-6H3. The van der Waals surface area contributed by atoms with Gasteiger partial charge in [0.2, 0.25) is 0 Å². The van der Waals surface area contributed by atoms with Crippen LogP contribution in [-0.4, -0.2) is 59.5 Å². The summed E-state index contributed by atoms with van der Waals surface area (Å²) in [5.74, 6) is 0.00285. The van der Waals surface area contributed by atoms with E-state index in [4.69, 9.17) is 13.7 Å². The molecule has 1 heterocycles. The molecule has 5 nitrogen and oxygen atoms in total. The van der Waals surface area contributed by atoms with Crippen molar-refractivity contribution in [1.82, 2.24) is 4.90 Å². The Morgan fingerprint density at radius 2 is 1.62 bits per heavy atom. The van der Waals surface area contributed by atoms with Gasteiger partial charge in [-0.15, -0.1) is 10.3 Å². The molecule has 0 spiro atoms. The van der Waals surface area contributed by atoms with Gasteiger partial charge < -0.3 is 18.6 Å². The van der Waals surface area contributed by atoms with Crippen LogP contribution in [0.25, 0.3) is 0 Å². The van der Waals surface area contributed by atoms with Gasteiger partial charge in [0.15, 0.2) is 0 Å². The van der Waals surface area contributed by atoms with Crippen LogP contribution in [0.4, 0.5) is 0 Å². The van der Waals surface area contributed by atoms with Crippen LogP contribution in [0, 0.1) is 0 Å². The van der Waals surface area contributed by atoms with Crippen molar-refractivity contribution in [2.75, 3.05) is 32.3 Å². The number of benzene rings is 2. The molecule has 6 heteroatoms. The van der Waals surface area contributed by atoms with Gasteiger partial charge in [0.05, 0.1) is 32.5 Å². The van der Waals surface area contributed by atoms with Gasteiger partial charge in [-0.1, -0.05) is 81.4 Å². The number of amides is 1. The van der Waals surface area contributed by atoms with E-state index in [1.54, 1.807) is 0 Å². The van der Waals surface area contributed by atoms with Crippen LogP contribution in [-0.2, 0) is 31.6 Å². The number of hydrogen-bond donors (Lipinski definition) is 0. The highest BCUT2D eigenvalue weighted by Crippen LogP contribution is 2.53. The predicted molar refractivity (Wildman–Crippen MR) is 141 cm³/mol. The first kappa shape index (κ1) is 26.7. The Labute approximate surface area is 207 Å². The zero-order chi connectivity index (χ0) is 24.8. The Morgan fingerprint density at radius 1 is 1.03 bits per heavy atom. The Balaban J connectivity index is 1.67. The minimum absolute atomic E-state index is 0.00285. The van der Waals surface area contributed by atoms with Gasteiger partial charge in [0, 0.05) is 17.7 Å². The lowest BCUT2D eigenvalue weighted by atomic mass is 9.96. The predicted octanol–water partition coefficient (Wildman–Crippen LogP) is 5.57. The molecular weight excluding hydrogens is 446 g/mol. The van der Waals surface area contributed by atoms with E-state index in [9.17, 15) is 4.79 Å². The van der Waals surface area contributed by atoms with E-state index in [0.717, 1.165) is 11.1 Å². The number of carbonyl (C=O) groups excluding carboxylic acids is 1. The molecule has 0 aromatic heterocycles. The Hall–Kier alpha value is -1.86. The van der Waals surface area contributed by atoms with Gasteiger partial charge in [-0.2, -0.15) is 0 Å². The molecule has 0 saturated carbocycles. The second-order valence-corrected chi connectivity index (χ2v) is 14.5. The largest absolute Gasteiger partial charge is 0.377 e. The topological polar surface area (TPSA) is 48.0 Å². The maximum absolute atomic E-state index is 13.7. The van der Waals surface area contributed by atoms with Crippen molar-refractivity contribution in [3.05, 3.63) is 71.8 Å². The smallest absolute Gasteiger partial charge is 0.255 e. The molecule has 2 unspecified atom stereocenters. The lowest BCUT2D eigenvalue weighted by Crippen LogP contribution is -2.60. The molecule has 2 aromatic carbocycles. The van der Waals surface area contributed by atoms with Crippen molar-refractivity contribution in [3.63, 3.8) is 0 Å². The molecule has 1 amide bonds. The third-order valence-corrected chi connectivity index (χ3v) is 10.5.